The van der Waals surface area contributed by atoms with Crippen molar-refractivity contribution in [3.8, 4) is 0 Å². The van der Waals surface area contributed by atoms with Crippen molar-refractivity contribution in [3.63, 3.8) is 0 Å². The molecular weight excluding hydrogens is 352 g/mol. The molecule has 1 saturated heterocycles. The van der Waals surface area contributed by atoms with E-state index in [2.05, 4.69) is 52.5 Å². The van der Waals surface area contributed by atoms with Crippen molar-refractivity contribution < 1.29 is 4.79 Å². The van der Waals surface area contributed by atoms with Crippen molar-refractivity contribution in [2.75, 3.05) is 11.9 Å². The lowest BCUT2D eigenvalue weighted by Crippen LogP contribution is -2.27. The zero-order chi connectivity index (χ0) is 12.3. The number of nitrogens with one attached hydrogen (secondary N) is 2. The highest BCUT2D eigenvalue weighted by molar-refractivity contribution is 9.11. The smallest absolute Gasteiger partial charge is 0.227 e. The molecule has 0 bridgehead atoms. The van der Waals surface area contributed by atoms with Crippen LogP contribution in [0.3, 0.4) is 0 Å². The van der Waals surface area contributed by atoms with Gasteiger partial charge in [0.25, 0.3) is 0 Å². The maximum Gasteiger partial charge on any atom is 0.227 e. The molecule has 1 atom stereocenters. The summed E-state index contributed by atoms with van der Waals surface area (Å²) >= 11 is 6.46. The van der Waals surface area contributed by atoms with Gasteiger partial charge in [-0.1, -0.05) is 0 Å². The Hall–Kier alpha value is -0.530. The zero-order valence-corrected chi connectivity index (χ0v) is 12.2. The third kappa shape index (κ3) is 3.72. The molecule has 0 radical (unpaired) electrons. The van der Waals surface area contributed by atoms with E-state index in [0.29, 0.717) is 21.4 Å². The summed E-state index contributed by atoms with van der Waals surface area (Å²) in [5.41, 5.74) is 0. The van der Waals surface area contributed by atoms with Crippen LogP contribution in [0, 0.1) is 0 Å². The van der Waals surface area contributed by atoms with Gasteiger partial charge in [-0.25, -0.2) is 9.97 Å². The summed E-state index contributed by atoms with van der Waals surface area (Å²) in [6, 6.07) is 0.289. The van der Waals surface area contributed by atoms with E-state index in [1.54, 1.807) is 6.20 Å². The molecule has 0 saturated carbocycles. The predicted molar refractivity (Wildman–Crippen MR) is 71.7 cm³/mol. The molecule has 0 aromatic carbocycles. The van der Waals surface area contributed by atoms with Crippen LogP contribution in [-0.2, 0) is 4.79 Å². The lowest BCUT2D eigenvalue weighted by molar-refractivity contribution is -0.116. The molecule has 1 aromatic heterocycles. The molecule has 7 heteroatoms. The summed E-state index contributed by atoms with van der Waals surface area (Å²) in [5, 5.41) is 6.02. The Morgan fingerprint density at radius 1 is 1.59 bits per heavy atom. The van der Waals surface area contributed by atoms with Crippen molar-refractivity contribution >= 4 is 43.6 Å². The molecule has 0 aliphatic carbocycles. The minimum atomic E-state index is -0.0401. The summed E-state index contributed by atoms with van der Waals surface area (Å²) in [5.74, 6) is 0.415. The highest BCUT2D eigenvalue weighted by Gasteiger charge is 2.18. The van der Waals surface area contributed by atoms with E-state index in [4.69, 9.17) is 0 Å². The van der Waals surface area contributed by atoms with Gasteiger partial charge < -0.3 is 10.6 Å². The van der Waals surface area contributed by atoms with E-state index >= 15 is 0 Å². The third-order valence-corrected chi connectivity index (χ3v) is 3.49. The number of rotatable bonds is 3. The van der Waals surface area contributed by atoms with Crippen molar-refractivity contribution in [3.05, 3.63) is 15.4 Å². The number of hydrogen-bond acceptors (Lipinski definition) is 4. The molecule has 2 heterocycles. The van der Waals surface area contributed by atoms with E-state index in [1.165, 1.54) is 0 Å². The monoisotopic (exact) mass is 362 g/mol. The quantitative estimate of drug-likeness (QED) is 0.862. The minimum Gasteiger partial charge on any atom is -0.313 e. The number of amides is 1. The Kier molecular flexibility index (Phi) is 4.47. The second-order valence-corrected chi connectivity index (χ2v) is 5.44. The molecule has 1 aliphatic rings. The van der Waals surface area contributed by atoms with Gasteiger partial charge in [0.2, 0.25) is 5.91 Å². The summed E-state index contributed by atoms with van der Waals surface area (Å²) < 4.78 is 1.15. The van der Waals surface area contributed by atoms with E-state index < -0.39 is 0 Å². The SMILES string of the molecule is O=C(CC1CCCN1)Nc1ncc(Br)nc1Br. The van der Waals surface area contributed by atoms with Crippen LogP contribution >= 0.6 is 31.9 Å². The van der Waals surface area contributed by atoms with Crippen LogP contribution < -0.4 is 10.6 Å². The first-order valence-corrected chi connectivity index (χ1v) is 6.95. The van der Waals surface area contributed by atoms with E-state index in [9.17, 15) is 4.79 Å². The van der Waals surface area contributed by atoms with Gasteiger partial charge >= 0.3 is 0 Å². The lowest BCUT2D eigenvalue weighted by Gasteiger charge is -2.10. The van der Waals surface area contributed by atoms with Gasteiger partial charge in [-0.2, -0.15) is 0 Å². The standard InChI is InChI=1S/C10H12Br2N4O/c11-7-5-14-10(9(12)15-7)16-8(17)4-6-2-1-3-13-6/h5-6,13H,1-4H2,(H,14,16,17). The molecule has 17 heavy (non-hydrogen) atoms. The average molecular weight is 364 g/mol. The van der Waals surface area contributed by atoms with E-state index in [0.717, 1.165) is 19.4 Å². The van der Waals surface area contributed by atoms with Crippen LogP contribution in [0.15, 0.2) is 15.4 Å². The topological polar surface area (TPSA) is 66.9 Å². The maximum absolute atomic E-state index is 11.8. The number of aromatic nitrogens is 2. The van der Waals surface area contributed by atoms with Crippen molar-refractivity contribution in [2.45, 2.75) is 25.3 Å². The normalized spacial score (nSPS) is 19.3. The summed E-state index contributed by atoms with van der Waals surface area (Å²) in [6.45, 7) is 1.000. The minimum absolute atomic E-state index is 0.0401. The van der Waals surface area contributed by atoms with Gasteiger partial charge in [0.05, 0.1) is 6.20 Å². The van der Waals surface area contributed by atoms with Crippen LogP contribution in [0.2, 0.25) is 0 Å². The molecule has 0 spiro atoms. The average Bonchev–Trinajstić information content (AvgIpc) is 2.75. The van der Waals surface area contributed by atoms with Gasteiger partial charge in [-0.3, -0.25) is 4.79 Å². The first kappa shape index (κ1) is 12.9. The molecule has 92 valence electrons. The summed E-state index contributed by atoms with van der Waals surface area (Å²) in [4.78, 5) is 19.9. The van der Waals surface area contributed by atoms with Gasteiger partial charge in [-0.15, -0.1) is 0 Å². The third-order valence-electron chi connectivity index (χ3n) is 2.55. The fraction of sp³-hybridized carbons (Fsp3) is 0.500. The molecule has 1 fully saturated rings. The Bertz CT molecular complexity index is 421. The number of carbonyl (C=O) groups excluding carboxylic acids is 1. The van der Waals surface area contributed by atoms with Gasteiger partial charge in [0, 0.05) is 12.5 Å². The maximum atomic E-state index is 11.8. The zero-order valence-electron chi connectivity index (χ0n) is 9.04. The van der Waals surface area contributed by atoms with Gasteiger partial charge in [0.1, 0.15) is 9.21 Å². The fourth-order valence-electron chi connectivity index (χ4n) is 1.77. The van der Waals surface area contributed by atoms with Crippen molar-refractivity contribution in [1.82, 2.24) is 15.3 Å². The summed E-state index contributed by atoms with van der Waals surface area (Å²) in [7, 11) is 0. The Labute approximate surface area is 116 Å². The van der Waals surface area contributed by atoms with Gasteiger partial charge in [-0.05, 0) is 51.2 Å². The highest BCUT2D eigenvalue weighted by atomic mass is 79.9. The number of anilines is 1. The lowest BCUT2D eigenvalue weighted by atomic mass is 10.1. The fourth-order valence-corrected chi connectivity index (χ4v) is 2.68. The Morgan fingerprint density at radius 3 is 3.06 bits per heavy atom. The van der Waals surface area contributed by atoms with E-state index in [-0.39, 0.29) is 11.9 Å². The molecule has 1 aliphatic heterocycles. The number of halogens is 2. The largest absolute Gasteiger partial charge is 0.313 e. The first-order valence-electron chi connectivity index (χ1n) is 5.36. The summed E-state index contributed by atoms with van der Waals surface area (Å²) in [6.07, 6.45) is 4.22. The molecule has 2 N–H and O–H groups in total. The van der Waals surface area contributed by atoms with Crippen molar-refractivity contribution in [2.24, 2.45) is 0 Å². The second-order valence-electron chi connectivity index (χ2n) is 3.88. The number of hydrogen-bond donors (Lipinski definition) is 2. The number of nitrogens with zero attached hydrogens (tertiary/aromatic N) is 2. The molecule has 1 unspecified atom stereocenters. The predicted octanol–water partition coefficient (Wildman–Crippen LogP) is 2.08. The van der Waals surface area contributed by atoms with Crippen LogP contribution in [0.25, 0.3) is 0 Å². The first-order chi connectivity index (χ1) is 8.15. The Balaban J connectivity index is 1.93. The highest BCUT2D eigenvalue weighted by Crippen LogP contribution is 2.20. The molecule has 1 aromatic rings. The van der Waals surface area contributed by atoms with Crippen LogP contribution in [0.1, 0.15) is 19.3 Å². The van der Waals surface area contributed by atoms with Gasteiger partial charge in [0.15, 0.2) is 5.82 Å². The van der Waals surface area contributed by atoms with E-state index in [1.807, 2.05) is 0 Å². The number of carbonyl (C=O) groups is 1. The van der Waals surface area contributed by atoms with Crippen LogP contribution in [0.4, 0.5) is 5.82 Å². The molecular formula is C10H12Br2N4O. The molecule has 5 nitrogen and oxygen atoms in total. The molecule has 2 rings (SSSR count). The molecule has 1 amide bonds. The van der Waals surface area contributed by atoms with Crippen LogP contribution in [0.5, 0.6) is 0 Å². The van der Waals surface area contributed by atoms with Crippen molar-refractivity contribution in [1.29, 1.82) is 0 Å². The Morgan fingerprint density at radius 2 is 2.41 bits per heavy atom. The van der Waals surface area contributed by atoms with Crippen LogP contribution in [-0.4, -0.2) is 28.5 Å². The second kappa shape index (κ2) is 5.88.